The maximum absolute atomic E-state index is 12.4. The van der Waals surface area contributed by atoms with E-state index in [1.54, 1.807) is 24.3 Å². The zero-order chi connectivity index (χ0) is 18.7. The van der Waals surface area contributed by atoms with E-state index in [1.165, 1.54) is 31.4 Å². The van der Waals surface area contributed by atoms with Crippen molar-refractivity contribution in [2.24, 2.45) is 0 Å². The van der Waals surface area contributed by atoms with Gasteiger partial charge in [-0.1, -0.05) is 29.8 Å². The summed E-state index contributed by atoms with van der Waals surface area (Å²) in [6, 6.07) is 11.2. The van der Waals surface area contributed by atoms with Crippen molar-refractivity contribution in [1.29, 1.82) is 0 Å². The van der Waals surface area contributed by atoms with Gasteiger partial charge in [-0.2, -0.15) is 8.78 Å². The summed E-state index contributed by atoms with van der Waals surface area (Å²) < 4.78 is 34.2. The van der Waals surface area contributed by atoms with Gasteiger partial charge < -0.3 is 14.5 Å². The fourth-order valence-electron chi connectivity index (χ4n) is 2.38. The molecule has 0 saturated heterocycles. The van der Waals surface area contributed by atoms with Gasteiger partial charge in [-0.25, -0.2) is 4.98 Å². The number of para-hydroxylation sites is 1. The highest BCUT2D eigenvalue weighted by molar-refractivity contribution is 6.50. The number of rotatable bonds is 5. The monoisotopic (exact) mass is 378 g/mol. The summed E-state index contributed by atoms with van der Waals surface area (Å²) >= 11 is 6.27. The Bertz CT molecular complexity index is 1030. The van der Waals surface area contributed by atoms with Crippen LogP contribution in [0, 0.1) is 0 Å². The second-order valence-corrected chi connectivity index (χ2v) is 5.62. The number of alkyl halides is 2. The van der Waals surface area contributed by atoms with Crippen LogP contribution < -0.4 is 15.0 Å². The summed E-state index contributed by atoms with van der Waals surface area (Å²) in [5, 5.41) is 0.633. The van der Waals surface area contributed by atoms with E-state index in [1.807, 2.05) is 0 Å². The lowest BCUT2D eigenvalue weighted by atomic mass is 10.2. The molecule has 0 spiro atoms. The van der Waals surface area contributed by atoms with Crippen LogP contribution in [0.3, 0.4) is 0 Å². The summed E-state index contributed by atoms with van der Waals surface area (Å²) in [7, 11) is 1.34. The fourth-order valence-corrected chi connectivity index (χ4v) is 2.60. The summed E-state index contributed by atoms with van der Waals surface area (Å²) in [6.07, 6.45) is 1.53. The molecule has 2 aromatic carbocycles. The van der Waals surface area contributed by atoms with Gasteiger partial charge in [0.15, 0.2) is 17.3 Å². The Morgan fingerprint density at radius 2 is 2.00 bits per heavy atom. The number of hydrogen-bond donors (Lipinski definition) is 1. The van der Waals surface area contributed by atoms with Crippen molar-refractivity contribution in [2.45, 2.75) is 6.61 Å². The Morgan fingerprint density at radius 3 is 2.73 bits per heavy atom. The minimum absolute atomic E-state index is 0.0898. The van der Waals surface area contributed by atoms with E-state index >= 15 is 0 Å². The van der Waals surface area contributed by atoms with Crippen molar-refractivity contribution in [3.63, 3.8) is 0 Å². The quantitative estimate of drug-likeness (QED) is 0.720. The molecule has 1 N–H and O–H groups in total. The molecule has 134 valence electrons. The van der Waals surface area contributed by atoms with Gasteiger partial charge in [0.2, 0.25) is 0 Å². The lowest BCUT2D eigenvalue weighted by Crippen LogP contribution is -2.10. The fraction of sp³-hybridized carbons (Fsp3) is 0.111. The first-order chi connectivity index (χ1) is 12.5. The number of hydrogen-bond acceptors (Lipinski definition) is 4. The molecule has 3 rings (SSSR count). The zero-order valence-electron chi connectivity index (χ0n) is 13.5. The first kappa shape index (κ1) is 17.9. The molecule has 3 aromatic rings. The predicted molar refractivity (Wildman–Crippen MR) is 95.7 cm³/mol. The van der Waals surface area contributed by atoms with Crippen LogP contribution in [-0.2, 0) is 0 Å². The molecule has 0 unspecified atom stereocenters. The minimum atomic E-state index is -2.96. The highest BCUT2D eigenvalue weighted by Crippen LogP contribution is 2.31. The molecule has 0 fully saturated rings. The number of H-pyrrole nitrogens is 1. The molecule has 0 atom stereocenters. The van der Waals surface area contributed by atoms with E-state index in [0.29, 0.717) is 16.5 Å². The molecule has 1 aromatic heterocycles. The highest BCUT2D eigenvalue weighted by Gasteiger charge is 2.11. The summed E-state index contributed by atoms with van der Waals surface area (Å²) in [6.45, 7) is -2.96. The molecule has 0 bridgehead atoms. The van der Waals surface area contributed by atoms with E-state index in [4.69, 9.17) is 16.3 Å². The first-order valence-electron chi connectivity index (χ1n) is 7.47. The Balaban J connectivity index is 1.98. The molecule has 0 aliphatic carbocycles. The number of nitrogens with zero attached hydrogens (tertiary/aromatic N) is 1. The third-order valence-electron chi connectivity index (χ3n) is 3.54. The molecular weight excluding hydrogens is 366 g/mol. The number of fused-ring (bicyclic) bond motifs is 1. The van der Waals surface area contributed by atoms with Crippen LogP contribution in [0.5, 0.6) is 11.5 Å². The average Bonchev–Trinajstić information content (AvgIpc) is 2.62. The first-order valence-corrected chi connectivity index (χ1v) is 7.85. The van der Waals surface area contributed by atoms with Crippen LogP contribution in [0.1, 0.15) is 11.4 Å². The van der Waals surface area contributed by atoms with E-state index in [0.717, 1.165) is 0 Å². The van der Waals surface area contributed by atoms with E-state index in [9.17, 15) is 13.6 Å². The maximum Gasteiger partial charge on any atom is 0.387 e. The number of nitrogens with one attached hydrogen (secondary N) is 1. The third-order valence-corrected chi connectivity index (χ3v) is 3.82. The second kappa shape index (κ2) is 7.53. The van der Waals surface area contributed by atoms with Crippen molar-refractivity contribution in [3.8, 4) is 11.5 Å². The lowest BCUT2D eigenvalue weighted by Gasteiger charge is -2.10. The molecule has 26 heavy (non-hydrogen) atoms. The van der Waals surface area contributed by atoms with Crippen molar-refractivity contribution < 1.29 is 18.3 Å². The summed E-state index contributed by atoms with van der Waals surface area (Å²) in [4.78, 5) is 19.1. The molecule has 0 amide bonds. The third kappa shape index (κ3) is 3.83. The molecule has 0 aliphatic rings. The van der Waals surface area contributed by atoms with Crippen LogP contribution in [0.15, 0.2) is 47.3 Å². The highest BCUT2D eigenvalue weighted by atomic mass is 35.5. The van der Waals surface area contributed by atoms with Crippen LogP contribution in [0.25, 0.3) is 22.0 Å². The van der Waals surface area contributed by atoms with Crippen molar-refractivity contribution >= 4 is 33.6 Å². The van der Waals surface area contributed by atoms with Gasteiger partial charge >= 0.3 is 6.61 Å². The van der Waals surface area contributed by atoms with Gasteiger partial charge in [0.25, 0.3) is 5.56 Å². The van der Waals surface area contributed by atoms with Gasteiger partial charge in [0.1, 0.15) is 0 Å². The van der Waals surface area contributed by atoms with Crippen LogP contribution in [0.2, 0.25) is 0 Å². The van der Waals surface area contributed by atoms with Crippen molar-refractivity contribution in [1.82, 2.24) is 9.97 Å². The number of benzene rings is 2. The second-order valence-electron chi connectivity index (χ2n) is 5.21. The molecule has 8 heteroatoms. The summed E-state index contributed by atoms with van der Waals surface area (Å²) in [5.41, 5.74) is 0.760. The van der Waals surface area contributed by atoms with E-state index in [-0.39, 0.29) is 27.9 Å². The zero-order valence-corrected chi connectivity index (χ0v) is 14.3. The van der Waals surface area contributed by atoms with Crippen molar-refractivity contribution in [2.75, 3.05) is 7.11 Å². The topological polar surface area (TPSA) is 64.2 Å². The SMILES string of the molecule is COc1cc(/C=C(/Cl)c2nc3ccccc3c(=O)[nH]2)ccc1OC(F)F. The minimum Gasteiger partial charge on any atom is -0.493 e. The van der Waals surface area contributed by atoms with Crippen LogP contribution in [0.4, 0.5) is 8.78 Å². The average molecular weight is 379 g/mol. The van der Waals surface area contributed by atoms with Gasteiger partial charge in [-0.05, 0) is 35.9 Å². The Hall–Kier alpha value is -2.93. The largest absolute Gasteiger partial charge is 0.493 e. The van der Waals surface area contributed by atoms with E-state index < -0.39 is 6.61 Å². The molecule has 0 aliphatic heterocycles. The standard InChI is InChI=1S/C18H13ClF2N2O3/c1-25-15-9-10(6-7-14(15)26-18(20)21)8-12(19)16-22-13-5-3-2-4-11(13)17(24)23-16/h2-9,18H,1H3,(H,22,23,24)/b12-8+. The molecule has 5 nitrogen and oxygen atoms in total. The number of methoxy groups -OCH3 is 1. The van der Waals surface area contributed by atoms with E-state index in [2.05, 4.69) is 14.7 Å². The number of ether oxygens (including phenoxy) is 2. The summed E-state index contributed by atoms with van der Waals surface area (Å²) in [5.74, 6) is 0.235. The Morgan fingerprint density at radius 1 is 1.23 bits per heavy atom. The lowest BCUT2D eigenvalue weighted by molar-refractivity contribution is -0.0512. The smallest absolute Gasteiger partial charge is 0.387 e. The Kier molecular flexibility index (Phi) is 5.18. The van der Waals surface area contributed by atoms with Gasteiger partial charge in [-0.15, -0.1) is 0 Å². The number of halogens is 3. The van der Waals surface area contributed by atoms with Gasteiger partial charge in [0.05, 0.1) is 23.0 Å². The molecule has 1 heterocycles. The number of aromatic nitrogens is 2. The van der Waals surface area contributed by atoms with Crippen LogP contribution >= 0.6 is 11.6 Å². The van der Waals surface area contributed by atoms with Gasteiger partial charge in [0, 0.05) is 0 Å². The molecular formula is C18H13ClF2N2O3. The maximum atomic E-state index is 12.4. The van der Waals surface area contributed by atoms with Gasteiger partial charge in [-0.3, -0.25) is 4.79 Å². The molecule has 0 saturated carbocycles. The molecule has 0 radical (unpaired) electrons. The van der Waals surface area contributed by atoms with Crippen molar-refractivity contribution in [3.05, 3.63) is 64.2 Å². The predicted octanol–water partition coefficient (Wildman–Crippen LogP) is 4.27. The number of aromatic amines is 1. The van der Waals surface area contributed by atoms with Crippen LogP contribution in [-0.4, -0.2) is 23.7 Å². The normalized spacial score (nSPS) is 11.8. The Labute approximate surface area is 151 Å².